The minimum atomic E-state index is 0.615. The van der Waals surface area contributed by atoms with E-state index in [1.807, 2.05) is 16.7 Å². The van der Waals surface area contributed by atoms with Crippen molar-refractivity contribution in [3.05, 3.63) is 28.0 Å². The first-order chi connectivity index (χ1) is 8.67. The molecular formula is C12H14ClN3OS. The van der Waals surface area contributed by atoms with Crippen molar-refractivity contribution in [1.29, 1.82) is 0 Å². The van der Waals surface area contributed by atoms with Gasteiger partial charge in [0.2, 0.25) is 0 Å². The third-order valence-electron chi connectivity index (χ3n) is 2.61. The number of hydrogen-bond donors (Lipinski definition) is 1. The zero-order chi connectivity index (χ0) is 13.1. The SMILES string of the molecule is CCCn1c(-c2ccc(Cl)cc2OC)n[nH]c1=S. The molecule has 0 saturated heterocycles. The summed E-state index contributed by atoms with van der Waals surface area (Å²) in [5, 5.41) is 7.71. The number of ether oxygens (including phenoxy) is 1. The van der Waals surface area contributed by atoms with E-state index in [0.29, 0.717) is 15.5 Å². The summed E-state index contributed by atoms with van der Waals surface area (Å²) < 4.78 is 7.91. The summed E-state index contributed by atoms with van der Waals surface area (Å²) in [6.07, 6.45) is 0.983. The largest absolute Gasteiger partial charge is 0.496 e. The lowest BCUT2D eigenvalue weighted by molar-refractivity contribution is 0.416. The van der Waals surface area contributed by atoms with Gasteiger partial charge < -0.3 is 9.30 Å². The Labute approximate surface area is 116 Å². The van der Waals surface area contributed by atoms with Gasteiger partial charge in [0.05, 0.1) is 12.7 Å². The highest BCUT2D eigenvalue weighted by Crippen LogP contribution is 2.31. The quantitative estimate of drug-likeness (QED) is 0.871. The smallest absolute Gasteiger partial charge is 0.195 e. The van der Waals surface area contributed by atoms with Crippen LogP contribution < -0.4 is 4.74 Å². The van der Waals surface area contributed by atoms with Gasteiger partial charge in [-0.3, -0.25) is 5.10 Å². The molecule has 1 N–H and O–H groups in total. The summed E-state index contributed by atoms with van der Waals surface area (Å²) >= 11 is 11.2. The van der Waals surface area contributed by atoms with Crippen molar-refractivity contribution in [2.24, 2.45) is 0 Å². The van der Waals surface area contributed by atoms with Gasteiger partial charge in [-0.15, -0.1) is 0 Å². The molecule has 0 amide bonds. The van der Waals surface area contributed by atoms with Crippen LogP contribution in [0.2, 0.25) is 5.02 Å². The van der Waals surface area contributed by atoms with Crippen LogP contribution in [0, 0.1) is 4.77 Å². The molecule has 0 unspecified atom stereocenters. The second kappa shape index (κ2) is 5.54. The van der Waals surface area contributed by atoms with Crippen molar-refractivity contribution < 1.29 is 4.74 Å². The average molecular weight is 284 g/mol. The van der Waals surface area contributed by atoms with Gasteiger partial charge >= 0.3 is 0 Å². The summed E-state index contributed by atoms with van der Waals surface area (Å²) in [4.78, 5) is 0. The monoisotopic (exact) mass is 283 g/mol. The summed E-state index contributed by atoms with van der Waals surface area (Å²) in [6.45, 7) is 2.91. The predicted octanol–water partition coefficient (Wildman–Crippen LogP) is 3.68. The molecule has 0 saturated carbocycles. The maximum Gasteiger partial charge on any atom is 0.195 e. The third kappa shape index (κ3) is 2.42. The van der Waals surface area contributed by atoms with E-state index >= 15 is 0 Å². The molecule has 6 heteroatoms. The van der Waals surface area contributed by atoms with E-state index in [1.54, 1.807) is 13.2 Å². The Hall–Kier alpha value is -1.33. The summed E-state index contributed by atoms with van der Waals surface area (Å²) in [6, 6.07) is 5.47. The van der Waals surface area contributed by atoms with Gasteiger partial charge in [-0.05, 0) is 36.8 Å². The molecule has 1 aromatic carbocycles. The second-order valence-electron chi connectivity index (χ2n) is 3.85. The van der Waals surface area contributed by atoms with Crippen LogP contribution >= 0.6 is 23.8 Å². The van der Waals surface area contributed by atoms with Gasteiger partial charge in [0.15, 0.2) is 10.6 Å². The molecule has 2 rings (SSSR count). The van der Waals surface area contributed by atoms with E-state index in [0.717, 1.165) is 24.4 Å². The molecule has 96 valence electrons. The molecule has 0 radical (unpaired) electrons. The molecule has 0 aliphatic heterocycles. The highest BCUT2D eigenvalue weighted by atomic mass is 35.5. The van der Waals surface area contributed by atoms with Crippen LogP contribution in [0.4, 0.5) is 0 Å². The van der Waals surface area contributed by atoms with E-state index in [4.69, 9.17) is 28.6 Å². The number of aromatic nitrogens is 3. The van der Waals surface area contributed by atoms with Gasteiger partial charge in [-0.25, -0.2) is 0 Å². The molecule has 0 aliphatic rings. The zero-order valence-corrected chi connectivity index (χ0v) is 11.8. The van der Waals surface area contributed by atoms with Crippen LogP contribution in [-0.2, 0) is 6.54 Å². The normalized spacial score (nSPS) is 10.6. The number of halogens is 1. The number of H-pyrrole nitrogens is 1. The predicted molar refractivity (Wildman–Crippen MR) is 74.7 cm³/mol. The first kappa shape index (κ1) is 13.1. The van der Waals surface area contributed by atoms with Crippen LogP contribution in [0.25, 0.3) is 11.4 Å². The Balaban J connectivity index is 2.58. The van der Waals surface area contributed by atoms with Crippen LogP contribution in [-0.4, -0.2) is 21.9 Å². The number of nitrogens with one attached hydrogen (secondary N) is 1. The number of benzene rings is 1. The molecule has 0 spiro atoms. The van der Waals surface area contributed by atoms with Crippen molar-refractivity contribution in [2.75, 3.05) is 7.11 Å². The Morgan fingerprint density at radius 3 is 2.94 bits per heavy atom. The fourth-order valence-electron chi connectivity index (χ4n) is 1.80. The summed E-state index contributed by atoms with van der Waals surface area (Å²) in [7, 11) is 1.61. The molecule has 4 nitrogen and oxygen atoms in total. The van der Waals surface area contributed by atoms with Crippen LogP contribution in [0.1, 0.15) is 13.3 Å². The van der Waals surface area contributed by atoms with E-state index in [-0.39, 0.29) is 0 Å². The molecule has 0 atom stereocenters. The van der Waals surface area contributed by atoms with Crippen LogP contribution in [0.15, 0.2) is 18.2 Å². The van der Waals surface area contributed by atoms with Gasteiger partial charge in [-0.1, -0.05) is 18.5 Å². The highest BCUT2D eigenvalue weighted by Gasteiger charge is 2.13. The molecular weight excluding hydrogens is 270 g/mol. The van der Waals surface area contributed by atoms with E-state index in [9.17, 15) is 0 Å². The molecule has 0 bridgehead atoms. The minimum Gasteiger partial charge on any atom is -0.496 e. The van der Waals surface area contributed by atoms with Crippen molar-refractivity contribution in [3.8, 4) is 17.1 Å². The Morgan fingerprint density at radius 2 is 2.28 bits per heavy atom. The van der Waals surface area contributed by atoms with Crippen molar-refractivity contribution >= 4 is 23.8 Å². The third-order valence-corrected chi connectivity index (χ3v) is 3.16. The fraction of sp³-hybridized carbons (Fsp3) is 0.333. The van der Waals surface area contributed by atoms with Crippen LogP contribution in [0.5, 0.6) is 5.75 Å². The number of hydrogen-bond acceptors (Lipinski definition) is 3. The Kier molecular flexibility index (Phi) is 4.04. The molecule has 0 fully saturated rings. The first-order valence-electron chi connectivity index (χ1n) is 5.66. The highest BCUT2D eigenvalue weighted by molar-refractivity contribution is 7.71. The Bertz CT molecular complexity index is 606. The molecule has 18 heavy (non-hydrogen) atoms. The van der Waals surface area contributed by atoms with Gasteiger partial charge in [0, 0.05) is 11.6 Å². The van der Waals surface area contributed by atoms with Crippen molar-refractivity contribution in [2.45, 2.75) is 19.9 Å². The lowest BCUT2D eigenvalue weighted by Crippen LogP contribution is -2.01. The number of aromatic amines is 1. The first-order valence-corrected chi connectivity index (χ1v) is 6.45. The lowest BCUT2D eigenvalue weighted by Gasteiger charge is -2.09. The topological polar surface area (TPSA) is 42.8 Å². The van der Waals surface area contributed by atoms with Crippen molar-refractivity contribution in [1.82, 2.24) is 14.8 Å². The van der Waals surface area contributed by atoms with Crippen molar-refractivity contribution in [3.63, 3.8) is 0 Å². The maximum atomic E-state index is 5.95. The van der Waals surface area contributed by atoms with Gasteiger partial charge in [0.25, 0.3) is 0 Å². The zero-order valence-electron chi connectivity index (χ0n) is 10.2. The molecule has 1 heterocycles. The van der Waals surface area contributed by atoms with E-state index in [2.05, 4.69) is 17.1 Å². The van der Waals surface area contributed by atoms with Gasteiger partial charge in [-0.2, -0.15) is 5.10 Å². The maximum absolute atomic E-state index is 5.95. The lowest BCUT2D eigenvalue weighted by atomic mass is 10.2. The number of rotatable bonds is 4. The van der Waals surface area contributed by atoms with Gasteiger partial charge in [0.1, 0.15) is 5.75 Å². The minimum absolute atomic E-state index is 0.615. The average Bonchev–Trinajstić information content (AvgIpc) is 2.72. The standard InChI is InChI=1S/C12H14ClN3OS/c1-3-6-16-11(14-15-12(16)18)9-5-4-8(13)7-10(9)17-2/h4-5,7H,3,6H2,1-2H3,(H,15,18). The Morgan fingerprint density at radius 1 is 1.50 bits per heavy atom. The number of nitrogens with zero attached hydrogens (tertiary/aromatic N) is 2. The van der Waals surface area contributed by atoms with E-state index in [1.165, 1.54) is 0 Å². The second-order valence-corrected chi connectivity index (χ2v) is 4.67. The van der Waals surface area contributed by atoms with E-state index < -0.39 is 0 Å². The van der Waals surface area contributed by atoms with Crippen LogP contribution in [0.3, 0.4) is 0 Å². The summed E-state index contributed by atoms with van der Waals surface area (Å²) in [5.74, 6) is 1.46. The summed E-state index contributed by atoms with van der Waals surface area (Å²) in [5.41, 5.74) is 0.878. The fourth-order valence-corrected chi connectivity index (χ4v) is 2.19. The molecule has 1 aromatic heterocycles. The molecule has 0 aliphatic carbocycles. The number of methoxy groups -OCH3 is 1. The molecule has 2 aromatic rings.